The van der Waals surface area contributed by atoms with Gasteiger partial charge < -0.3 is 10.6 Å². The number of para-hydroxylation sites is 1. The van der Waals surface area contributed by atoms with Crippen LogP contribution in [0.2, 0.25) is 0 Å². The van der Waals surface area contributed by atoms with Gasteiger partial charge in [0.2, 0.25) is 11.8 Å². The van der Waals surface area contributed by atoms with Gasteiger partial charge >= 0.3 is 0 Å². The molecule has 1 aromatic heterocycles. The molecule has 0 radical (unpaired) electrons. The molecule has 1 atom stereocenters. The number of amides is 2. The topological polar surface area (TPSA) is 81.2 Å². The average Bonchev–Trinajstić information content (AvgIpc) is 3.10. The standard InChI is InChI=1S/C15H16N4O2/c16-15(21)12-8-14(20)18(10-12)9-11-4-1-2-5-13(11)19-7-3-6-17-19/h1-7,12H,8-10H2,(H2,16,21). The zero-order valence-corrected chi connectivity index (χ0v) is 11.5. The highest BCUT2D eigenvalue weighted by Gasteiger charge is 2.33. The molecule has 3 rings (SSSR count). The fourth-order valence-electron chi connectivity index (χ4n) is 2.60. The van der Waals surface area contributed by atoms with Crippen molar-refractivity contribution in [2.24, 2.45) is 11.7 Å². The number of primary amides is 1. The summed E-state index contributed by atoms with van der Waals surface area (Å²) in [6, 6.07) is 9.62. The number of likely N-dealkylation sites (tertiary alicyclic amines) is 1. The van der Waals surface area contributed by atoms with Crippen LogP contribution >= 0.6 is 0 Å². The Hall–Kier alpha value is -2.63. The van der Waals surface area contributed by atoms with Gasteiger partial charge in [-0.2, -0.15) is 5.10 Å². The van der Waals surface area contributed by atoms with Crippen molar-refractivity contribution in [2.45, 2.75) is 13.0 Å². The SMILES string of the molecule is NC(=O)C1CC(=O)N(Cc2ccccc2-n2cccn2)C1. The van der Waals surface area contributed by atoms with Crippen molar-refractivity contribution in [2.75, 3.05) is 6.54 Å². The summed E-state index contributed by atoms with van der Waals surface area (Å²) in [6.45, 7) is 0.847. The summed E-state index contributed by atoms with van der Waals surface area (Å²) in [5, 5.41) is 4.22. The van der Waals surface area contributed by atoms with Crippen LogP contribution in [0.3, 0.4) is 0 Å². The molecule has 0 aliphatic carbocycles. The number of carbonyl (C=O) groups is 2. The Labute approximate surface area is 122 Å². The van der Waals surface area contributed by atoms with Crippen LogP contribution in [-0.4, -0.2) is 33.0 Å². The third-order valence-electron chi connectivity index (χ3n) is 3.72. The lowest BCUT2D eigenvalue weighted by Gasteiger charge is -2.18. The van der Waals surface area contributed by atoms with Crippen LogP contribution < -0.4 is 5.73 Å². The van der Waals surface area contributed by atoms with Gasteiger partial charge in [0.15, 0.2) is 0 Å². The molecule has 2 aromatic rings. The maximum Gasteiger partial charge on any atom is 0.223 e. The molecule has 1 fully saturated rings. The van der Waals surface area contributed by atoms with E-state index in [1.54, 1.807) is 15.8 Å². The first-order valence-corrected chi connectivity index (χ1v) is 6.80. The molecule has 0 spiro atoms. The lowest BCUT2D eigenvalue weighted by atomic mass is 10.1. The number of aromatic nitrogens is 2. The van der Waals surface area contributed by atoms with Crippen LogP contribution in [-0.2, 0) is 16.1 Å². The second-order valence-electron chi connectivity index (χ2n) is 5.16. The normalized spacial score (nSPS) is 18.2. The lowest BCUT2D eigenvalue weighted by molar-refractivity contribution is -0.128. The van der Waals surface area contributed by atoms with Crippen molar-refractivity contribution < 1.29 is 9.59 Å². The number of nitrogens with two attached hydrogens (primary N) is 1. The van der Waals surface area contributed by atoms with E-state index in [2.05, 4.69) is 5.10 Å². The van der Waals surface area contributed by atoms with E-state index in [0.717, 1.165) is 11.3 Å². The molecule has 2 amide bonds. The maximum absolute atomic E-state index is 12.0. The first-order valence-electron chi connectivity index (χ1n) is 6.80. The quantitative estimate of drug-likeness (QED) is 0.897. The van der Waals surface area contributed by atoms with Gasteiger partial charge in [0.25, 0.3) is 0 Å². The van der Waals surface area contributed by atoms with E-state index >= 15 is 0 Å². The van der Waals surface area contributed by atoms with Gasteiger partial charge in [0, 0.05) is 31.9 Å². The number of hydrogen-bond acceptors (Lipinski definition) is 3. The second-order valence-corrected chi connectivity index (χ2v) is 5.16. The highest BCUT2D eigenvalue weighted by atomic mass is 16.2. The van der Waals surface area contributed by atoms with Crippen molar-refractivity contribution in [1.29, 1.82) is 0 Å². The van der Waals surface area contributed by atoms with Crippen LogP contribution in [0.15, 0.2) is 42.7 Å². The minimum atomic E-state index is -0.411. The van der Waals surface area contributed by atoms with Crippen molar-refractivity contribution in [3.05, 3.63) is 48.3 Å². The van der Waals surface area contributed by atoms with E-state index in [-0.39, 0.29) is 18.2 Å². The van der Waals surface area contributed by atoms with Crippen molar-refractivity contribution in [3.8, 4) is 5.69 Å². The third kappa shape index (κ3) is 2.65. The minimum absolute atomic E-state index is 0.0333. The summed E-state index contributed by atoms with van der Waals surface area (Å²) in [5.41, 5.74) is 7.21. The molecule has 2 heterocycles. The third-order valence-corrected chi connectivity index (χ3v) is 3.72. The van der Waals surface area contributed by atoms with E-state index in [1.807, 2.05) is 36.5 Å². The van der Waals surface area contributed by atoms with Crippen LogP contribution in [0.5, 0.6) is 0 Å². The fraction of sp³-hybridized carbons (Fsp3) is 0.267. The second kappa shape index (κ2) is 5.40. The van der Waals surface area contributed by atoms with Crippen LogP contribution in [0.25, 0.3) is 5.69 Å². The highest BCUT2D eigenvalue weighted by Crippen LogP contribution is 2.22. The number of benzene rings is 1. The van der Waals surface area contributed by atoms with E-state index in [9.17, 15) is 9.59 Å². The summed E-state index contributed by atoms with van der Waals surface area (Å²) >= 11 is 0. The molecule has 21 heavy (non-hydrogen) atoms. The molecule has 1 aliphatic heterocycles. The van der Waals surface area contributed by atoms with E-state index in [0.29, 0.717) is 13.1 Å². The van der Waals surface area contributed by atoms with Gasteiger partial charge in [-0.25, -0.2) is 4.68 Å². The number of hydrogen-bond donors (Lipinski definition) is 1. The molecule has 108 valence electrons. The molecule has 6 nitrogen and oxygen atoms in total. The summed E-state index contributed by atoms with van der Waals surface area (Å²) in [5.74, 6) is -0.824. The van der Waals surface area contributed by atoms with Crippen LogP contribution in [0.1, 0.15) is 12.0 Å². The van der Waals surface area contributed by atoms with E-state index < -0.39 is 5.91 Å². The Morgan fingerprint density at radius 2 is 2.14 bits per heavy atom. The molecule has 1 aliphatic rings. The molecule has 0 saturated carbocycles. The summed E-state index contributed by atoms with van der Waals surface area (Å²) in [7, 11) is 0. The maximum atomic E-state index is 12.0. The van der Waals surface area contributed by atoms with E-state index in [1.165, 1.54) is 0 Å². The van der Waals surface area contributed by atoms with Gasteiger partial charge in [0.05, 0.1) is 11.6 Å². The zero-order valence-electron chi connectivity index (χ0n) is 11.5. The molecule has 1 saturated heterocycles. The Bertz CT molecular complexity index is 666. The molecular formula is C15H16N4O2. The van der Waals surface area contributed by atoms with Gasteiger partial charge in [-0.3, -0.25) is 9.59 Å². The summed E-state index contributed by atoms with van der Waals surface area (Å²) in [6.07, 6.45) is 3.77. The number of carbonyl (C=O) groups excluding carboxylic acids is 2. The smallest absolute Gasteiger partial charge is 0.223 e. The Morgan fingerprint density at radius 3 is 2.81 bits per heavy atom. The van der Waals surface area contributed by atoms with Gasteiger partial charge in [-0.05, 0) is 17.7 Å². The molecule has 1 unspecified atom stereocenters. The molecular weight excluding hydrogens is 268 g/mol. The lowest BCUT2D eigenvalue weighted by Crippen LogP contribution is -2.28. The summed E-state index contributed by atoms with van der Waals surface area (Å²) in [4.78, 5) is 24.9. The molecule has 0 bridgehead atoms. The first-order chi connectivity index (χ1) is 10.1. The number of rotatable bonds is 4. The van der Waals surface area contributed by atoms with Crippen molar-refractivity contribution in [1.82, 2.24) is 14.7 Å². The largest absolute Gasteiger partial charge is 0.369 e. The molecule has 6 heteroatoms. The predicted octanol–water partition coefficient (Wildman–Crippen LogP) is 0.706. The Morgan fingerprint density at radius 1 is 1.33 bits per heavy atom. The molecule has 1 aromatic carbocycles. The zero-order chi connectivity index (χ0) is 14.8. The van der Waals surface area contributed by atoms with Crippen molar-refractivity contribution >= 4 is 11.8 Å². The van der Waals surface area contributed by atoms with Crippen molar-refractivity contribution in [3.63, 3.8) is 0 Å². The number of nitrogens with zero attached hydrogens (tertiary/aromatic N) is 3. The van der Waals surface area contributed by atoms with Crippen LogP contribution in [0, 0.1) is 5.92 Å². The summed E-state index contributed by atoms with van der Waals surface area (Å²) < 4.78 is 1.77. The van der Waals surface area contributed by atoms with Gasteiger partial charge in [0.1, 0.15) is 0 Å². The van der Waals surface area contributed by atoms with Gasteiger partial charge in [-0.1, -0.05) is 18.2 Å². The highest BCUT2D eigenvalue weighted by molar-refractivity contribution is 5.88. The monoisotopic (exact) mass is 284 g/mol. The van der Waals surface area contributed by atoms with E-state index in [4.69, 9.17) is 5.73 Å². The molecule has 2 N–H and O–H groups in total. The average molecular weight is 284 g/mol. The first kappa shape index (κ1) is 13.4. The fourth-order valence-corrected chi connectivity index (χ4v) is 2.60. The predicted molar refractivity (Wildman–Crippen MR) is 76.3 cm³/mol. The minimum Gasteiger partial charge on any atom is -0.369 e. The van der Waals surface area contributed by atoms with Crippen LogP contribution in [0.4, 0.5) is 0 Å². The van der Waals surface area contributed by atoms with Gasteiger partial charge in [-0.15, -0.1) is 0 Å². The Kier molecular flexibility index (Phi) is 3.43. The Balaban J connectivity index is 1.83.